The van der Waals surface area contributed by atoms with Crippen LogP contribution in [0.25, 0.3) is 0 Å². The van der Waals surface area contributed by atoms with E-state index in [1.54, 1.807) is 24.3 Å². The van der Waals surface area contributed by atoms with Crippen LogP contribution in [-0.4, -0.2) is 27.1 Å². The van der Waals surface area contributed by atoms with Gasteiger partial charge in [-0.3, -0.25) is 9.10 Å². The molecular formula is C18H21ClN2O3S. The van der Waals surface area contributed by atoms with Gasteiger partial charge in [0.15, 0.2) is 0 Å². The molecule has 0 saturated carbocycles. The third-order valence-corrected chi connectivity index (χ3v) is 5.14. The lowest BCUT2D eigenvalue weighted by molar-refractivity contribution is -0.116. The number of benzene rings is 2. The SMILES string of the molecule is CCc1ccccc1NC(=O)CCN(c1cccc(Cl)c1)S(C)(=O)=O. The second-order valence-electron chi connectivity index (χ2n) is 5.62. The topological polar surface area (TPSA) is 66.5 Å². The fourth-order valence-electron chi connectivity index (χ4n) is 2.48. The maximum atomic E-state index is 12.3. The summed E-state index contributed by atoms with van der Waals surface area (Å²) in [5.41, 5.74) is 2.23. The van der Waals surface area contributed by atoms with E-state index < -0.39 is 10.0 Å². The van der Waals surface area contributed by atoms with Crippen LogP contribution in [0.3, 0.4) is 0 Å². The molecule has 25 heavy (non-hydrogen) atoms. The normalized spacial score (nSPS) is 11.2. The lowest BCUT2D eigenvalue weighted by atomic mass is 10.1. The highest BCUT2D eigenvalue weighted by atomic mass is 35.5. The fraction of sp³-hybridized carbons (Fsp3) is 0.278. The average Bonchev–Trinajstić information content (AvgIpc) is 2.54. The van der Waals surface area contributed by atoms with E-state index in [-0.39, 0.29) is 18.9 Å². The highest BCUT2D eigenvalue weighted by molar-refractivity contribution is 7.92. The molecule has 0 fully saturated rings. The molecule has 2 aromatic rings. The van der Waals surface area contributed by atoms with Gasteiger partial charge < -0.3 is 5.32 Å². The number of nitrogens with one attached hydrogen (secondary N) is 1. The predicted molar refractivity (Wildman–Crippen MR) is 103 cm³/mol. The van der Waals surface area contributed by atoms with Crippen LogP contribution in [0.15, 0.2) is 48.5 Å². The number of anilines is 2. The van der Waals surface area contributed by atoms with Gasteiger partial charge in [-0.25, -0.2) is 8.42 Å². The summed E-state index contributed by atoms with van der Waals surface area (Å²) in [6.07, 6.45) is 1.95. The van der Waals surface area contributed by atoms with Crippen molar-refractivity contribution in [2.75, 3.05) is 22.4 Å². The summed E-state index contributed by atoms with van der Waals surface area (Å²) in [6, 6.07) is 14.1. The molecule has 1 amide bonds. The minimum Gasteiger partial charge on any atom is -0.326 e. The summed E-state index contributed by atoms with van der Waals surface area (Å²) < 4.78 is 25.3. The van der Waals surface area contributed by atoms with Crippen molar-refractivity contribution in [1.82, 2.24) is 0 Å². The zero-order valence-electron chi connectivity index (χ0n) is 14.2. The monoisotopic (exact) mass is 380 g/mol. The van der Waals surface area contributed by atoms with Gasteiger partial charge in [-0.2, -0.15) is 0 Å². The Hall–Kier alpha value is -2.05. The zero-order chi connectivity index (χ0) is 18.4. The molecule has 0 heterocycles. The minimum atomic E-state index is -3.52. The molecule has 0 aromatic heterocycles. The number of para-hydroxylation sites is 1. The van der Waals surface area contributed by atoms with Crippen LogP contribution in [0, 0.1) is 0 Å². The summed E-state index contributed by atoms with van der Waals surface area (Å²) >= 11 is 5.94. The Morgan fingerprint density at radius 2 is 1.88 bits per heavy atom. The maximum absolute atomic E-state index is 12.3. The first kappa shape index (κ1) is 19.3. The predicted octanol–water partition coefficient (Wildman–Crippen LogP) is 3.70. The molecule has 0 aliphatic rings. The standard InChI is InChI=1S/C18H21ClN2O3S/c1-3-14-7-4-5-10-17(14)20-18(22)11-12-21(25(2,23)24)16-9-6-8-15(19)13-16/h4-10,13H,3,11-12H2,1-2H3,(H,20,22). The van der Waals surface area contributed by atoms with Gasteiger partial charge in [-0.05, 0) is 36.2 Å². The Balaban J connectivity index is 2.09. The van der Waals surface area contributed by atoms with E-state index >= 15 is 0 Å². The number of amides is 1. The van der Waals surface area contributed by atoms with Gasteiger partial charge in [0.25, 0.3) is 0 Å². The summed E-state index contributed by atoms with van der Waals surface area (Å²) in [6.45, 7) is 2.05. The highest BCUT2D eigenvalue weighted by Gasteiger charge is 2.19. The smallest absolute Gasteiger partial charge is 0.232 e. The Morgan fingerprint density at radius 3 is 2.52 bits per heavy atom. The van der Waals surface area contributed by atoms with Crippen molar-refractivity contribution in [2.45, 2.75) is 19.8 Å². The first-order valence-electron chi connectivity index (χ1n) is 7.92. The Morgan fingerprint density at radius 1 is 1.16 bits per heavy atom. The first-order valence-corrected chi connectivity index (χ1v) is 10.1. The Bertz CT molecular complexity index is 853. The largest absolute Gasteiger partial charge is 0.326 e. The van der Waals surface area contributed by atoms with Crippen molar-refractivity contribution in [3.05, 3.63) is 59.1 Å². The van der Waals surface area contributed by atoms with Gasteiger partial charge >= 0.3 is 0 Å². The number of rotatable bonds is 7. The zero-order valence-corrected chi connectivity index (χ0v) is 15.8. The number of carbonyl (C=O) groups excluding carboxylic acids is 1. The van der Waals surface area contributed by atoms with Crippen molar-refractivity contribution in [3.8, 4) is 0 Å². The molecule has 0 unspecified atom stereocenters. The second kappa shape index (κ2) is 8.36. The van der Waals surface area contributed by atoms with Crippen molar-refractivity contribution in [3.63, 3.8) is 0 Å². The van der Waals surface area contributed by atoms with Crippen LogP contribution in [0.4, 0.5) is 11.4 Å². The third-order valence-electron chi connectivity index (χ3n) is 3.71. The van der Waals surface area contributed by atoms with Gasteiger partial charge in [0.1, 0.15) is 0 Å². The number of hydrogen-bond donors (Lipinski definition) is 1. The molecule has 0 aliphatic heterocycles. The lowest BCUT2D eigenvalue weighted by Crippen LogP contribution is -2.33. The molecule has 2 rings (SSSR count). The third kappa shape index (κ3) is 5.47. The molecule has 134 valence electrons. The molecule has 0 bridgehead atoms. The van der Waals surface area contributed by atoms with Gasteiger partial charge in [0.05, 0.1) is 11.9 Å². The van der Waals surface area contributed by atoms with Gasteiger partial charge in [0.2, 0.25) is 15.9 Å². The van der Waals surface area contributed by atoms with Gasteiger partial charge in [-0.1, -0.05) is 42.8 Å². The molecule has 0 radical (unpaired) electrons. The molecular weight excluding hydrogens is 360 g/mol. The van der Waals surface area contributed by atoms with Gasteiger partial charge in [-0.15, -0.1) is 0 Å². The van der Waals surface area contributed by atoms with Crippen LogP contribution in [0.1, 0.15) is 18.9 Å². The fourth-order valence-corrected chi connectivity index (χ4v) is 3.59. The molecule has 1 N–H and O–H groups in total. The molecule has 0 atom stereocenters. The van der Waals surface area contributed by atoms with E-state index in [0.717, 1.165) is 23.9 Å². The molecule has 5 nitrogen and oxygen atoms in total. The summed E-state index contributed by atoms with van der Waals surface area (Å²) in [4.78, 5) is 12.3. The van der Waals surface area contributed by atoms with Crippen molar-refractivity contribution < 1.29 is 13.2 Å². The van der Waals surface area contributed by atoms with Crippen molar-refractivity contribution >= 4 is 38.9 Å². The van der Waals surface area contributed by atoms with E-state index in [1.807, 2.05) is 31.2 Å². The van der Waals surface area contributed by atoms with Crippen LogP contribution < -0.4 is 9.62 Å². The van der Waals surface area contributed by atoms with Crippen molar-refractivity contribution in [1.29, 1.82) is 0 Å². The second-order valence-corrected chi connectivity index (χ2v) is 7.97. The molecule has 0 aliphatic carbocycles. The van der Waals surface area contributed by atoms with E-state index in [9.17, 15) is 13.2 Å². The van der Waals surface area contributed by atoms with E-state index in [4.69, 9.17) is 11.6 Å². The molecule has 0 spiro atoms. The first-order chi connectivity index (χ1) is 11.8. The van der Waals surface area contributed by atoms with E-state index in [1.165, 1.54) is 4.31 Å². The maximum Gasteiger partial charge on any atom is 0.232 e. The molecule has 0 saturated heterocycles. The number of hydrogen-bond acceptors (Lipinski definition) is 3. The van der Waals surface area contributed by atoms with Crippen LogP contribution in [0.2, 0.25) is 5.02 Å². The lowest BCUT2D eigenvalue weighted by Gasteiger charge is -2.22. The summed E-state index contributed by atoms with van der Waals surface area (Å²) in [5, 5.41) is 3.28. The van der Waals surface area contributed by atoms with Crippen molar-refractivity contribution in [2.24, 2.45) is 0 Å². The highest BCUT2D eigenvalue weighted by Crippen LogP contribution is 2.22. The van der Waals surface area contributed by atoms with Crippen LogP contribution in [-0.2, 0) is 21.2 Å². The Kier molecular flexibility index (Phi) is 6.45. The van der Waals surface area contributed by atoms with E-state index in [2.05, 4.69) is 5.32 Å². The van der Waals surface area contributed by atoms with Crippen LogP contribution >= 0.6 is 11.6 Å². The van der Waals surface area contributed by atoms with E-state index in [0.29, 0.717) is 10.7 Å². The summed E-state index contributed by atoms with van der Waals surface area (Å²) in [5.74, 6) is -0.239. The summed E-state index contributed by atoms with van der Waals surface area (Å²) in [7, 11) is -3.52. The van der Waals surface area contributed by atoms with Crippen LogP contribution in [0.5, 0.6) is 0 Å². The molecule has 2 aromatic carbocycles. The quantitative estimate of drug-likeness (QED) is 0.796. The number of sulfonamides is 1. The van der Waals surface area contributed by atoms with Gasteiger partial charge in [0, 0.05) is 23.7 Å². The Labute approximate surface area is 153 Å². The number of carbonyl (C=O) groups is 1. The average molecular weight is 381 g/mol. The minimum absolute atomic E-state index is 0.0393. The number of nitrogens with zero attached hydrogens (tertiary/aromatic N) is 1. The number of aryl methyl sites for hydroxylation is 1. The number of halogens is 1. The molecule has 7 heteroatoms.